The molecule has 1 aromatic carbocycles. The molecule has 0 aliphatic heterocycles. The van der Waals surface area contributed by atoms with Crippen LogP contribution in [0.5, 0.6) is 17.2 Å². The Morgan fingerprint density at radius 1 is 1.00 bits per heavy atom. The number of benzene rings is 1. The fourth-order valence-electron chi connectivity index (χ4n) is 1.36. The van der Waals surface area contributed by atoms with Crippen LogP contribution < -0.4 is 14.2 Å². The average molecular weight is 372 g/mol. The molecule has 1 rings (SSSR count). The second-order valence-electron chi connectivity index (χ2n) is 2.99. The molecule has 0 bridgehead atoms. The first-order chi connectivity index (χ1) is 7.62. The quantitative estimate of drug-likeness (QED) is 0.721. The maximum Gasteiger partial charge on any atom is 0.203 e. The van der Waals surface area contributed by atoms with Crippen molar-refractivity contribution >= 4 is 36.3 Å². The van der Waals surface area contributed by atoms with Crippen molar-refractivity contribution in [1.82, 2.24) is 0 Å². The Hall–Kier alpha value is 0.01000. The van der Waals surface area contributed by atoms with Gasteiger partial charge in [0, 0.05) is 11.5 Å². The molecule has 0 radical (unpaired) electrons. The molecule has 0 aromatic heterocycles. The molecule has 6 heteroatoms. The summed E-state index contributed by atoms with van der Waals surface area (Å²) in [6.45, 7) is 0. The first-order valence-electron chi connectivity index (χ1n) is 4.50. The monoisotopic (exact) mass is 370 g/mol. The standard InChI is InChI=1S/C10H13Br2O3P/c1-13-8-4-7(6-16(11)12)5-9(14-2)10(8)15-3/h4-5H,6H2,1-3H3. The van der Waals surface area contributed by atoms with Crippen LogP contribution in [0.25, 0.3) is 0 Å². The van der Waals surface area contributed by atoms with Crippen LogP contribution in [-0.4, -0.2) is 21.3 Å². The molecule has 0 atom stereocenters. The number of ether oxygens (including phenoxy) is 3. The second kappa shape index (κ2) is 6.67. The van der Waals surface area contributed by atoms with E-state index in [0.717, 1.165) is 11.7 Å². The maximum absolute atomic E-state index is 5.27. The fraction of sp³-hybridized carbons (Fsp3) is 0.400. The van der Waals surface area contributed by atoms with Crippen LogP contribution >= 0.6 is 36.3 Å². The fourth-order valence-corrected chi connectivity index (χ4v) is 3.56. The van der Waals surface area contributed by atoms with Crippen molar-refractivity contribution in [3.05, 3.63) is 17.7 Å². The van der Waals surface area contributed by atoms with Crippen LogP contribution in [0, 0.1) is 0 Å². The van der Waals surface area contributed by atoms with E-state index in [9.17, 15) is 0 Å². The molecule has 0 heterocycles. The highest BCUT2D eigenvalue weighted by atomic mass is 79.9. The molecule has 1 aromatic rings. The summed E-state index contributed by atoms with van der Waals surface area (Å²) in [6, 6.07) is 3.92. The van der Waals surface area contributed by atoms with Crippen molar-refractivity contribution in [1.29, 1.82) is 0 Å². The van der Waals surface area contributed by atoms with Crippen molar-refractivity contribution in [2.24, 2.45) is 0 Å². The van der Waals surface area contributed by atoms with E-state index < -0.39 is 0 Å². The molecule has 3 nitrogen and oxygen atoms in total. The smallest absolute Gasteiger partial charge is 0.203 e. The summed E-state index contributed by atoms with van der Waals surface area (Å²) < 4.78 is 15.8. The van der Waals surface area contributed by atoms with E-state index in [1.165, 1.54) is 0 Å². The molecule has 16 heavy (non-hydrogen) atoms. The Balaban J connectivity index is 3.15. The lowest BCUT2D eigenvalue weighted by molar-refractivity contribution is 0.324. The first-order valence-corrected chi connectivity index (χ1v) is 10.1. The third kappa shape index (κ3) is 3.51. The van der Waals surface area contributed by atoms with Gasteiger partial charge in [-0.05, 0) is 48.7 Å². The van der Waals surface area contributed by atoms with Crippen molar-refractivity contribution < 1.29 is 14.2 Å². The lowest BCUT2D eigenvalue weighted by Gasteiger charge is -2.14. The predicted octanol–water partition coefficient (Wildman–Crippen LogP) is 4.31. The minimum absolute atomic E-state index is 0.352. The molecular formula is C10H13Br2O3P. The molecule has 0 saturated heterocycles. The van der Waals surface area contributed by atoms with E-state index in [0.29, 0.717) is 17.2 Å². The third-order valence-electron chi connectivity index (χ3n) is 2.03. The van der Waals surface area contributed by atoms with E-state index in [-0.39, 0.29) is 5.33 Å². The maximum atomic E-state index is 5.27. The Morgan fingerprint density at radius 2 is 1.50 bits per heavy atom. The predicted molar refractivity (Wildman–Crippen MR) is 74.6 cm³/mol. The van der Waals surface area contributed by atoms with Crippen LogP contribution in [0.2, 0.25) is 0 Å². The van der Waals surface area contributed by atoms with Gasteiger partial charge >= 0.3 is 0 Å². The van der Waals surface area contributed by atoms with Gasteiger partial charge in [0.05, 0.1) is 21.3 Å². The van der Waals surface area contributed by atoms with Gasteiger partial charge in [0.15, 0.2) is 11.5 Å². The van der Waals surface area contributed by atoms with Crippen LogP contribution in [0.15, 0.2) is 12.1 Å². The summed E-state index contributed by atoms with van der Waals surface area (Å²) in [5.41, 5.74) is 1.13. The largest absolute Gasteiger partial charge is 0.493 e. The van der Waals surface area contributed by atoms with Crippen LogP contribution in [0.1, 0.15) is 5.56 Å². The van der Waals surface area contributed by atoms with Gasteiger partial charge in [0.25, 0.3) is 0 Å². The molecule has 0 saturated carbocycles. The molecule has 0 amide bonds. The minimum Gasteiger partial charge on any atom is -0.493 e. The van der Waals surface area contributed by atoms with Gasteiger partial charge in [-0.2, -0.15) is 0 Å². The minimum atomic E-state index is -0.352. The summed E-state index contributed by atoms with van der Waals surface area (Å²) in [6.07, 6.45) is 0.895. The van der Waals surface area contributed by atoms with Gasteiger partial charge in [-0.25, -0.2) is 0 Å². The van der Waals surface area contributed by atoms with Gasteiger partial charge in [-0.15, -0.1) is 0 Å². The summed E-state index contributed by atoms with van der Waals surface area (Å²) in [5.74, 6) is 2.00. The highest BCUT2D eigenvalue weighted by Gasteiger charge is 2.14. The zero-order valence-electron chi connectivity index (χ0n) is 9.29. The number of hydrogen-bond donors (Lipinski definition) is 0. The number of rotatable bonds is 5. The highest BCUT2D eigenvalue weighted by molar-refractivity contribution is 9.69. The molecule has 0 N–H and O–H groups in total. The Kier molecular flexibility index (Phi) is 5.87. The molecule has 0 fully saturated rings. The third-order valence-corrected chi connectivity index (χ3v) is 4.14. The molecule has 0 aliphatic rings. The summed E-state index contributed by atoms with van der Waals surface area (Å²) in [7, 11) is 4.83. The van der Waals surface area contributed by atoms with Gasteiger partial charge in [-0.3, -0.25) is 0 Å². The summed E-state index contributed by atoms with van der Waals surface area (Å²) in [5, 5.41) is -0.352. The van der Waals surface area contributed by atoms with Gasteiger partial charge < -0.3 is 14.2 Å². The van der Waals surface area contributed by atoms with Crippen molar-refractivity contribution in [2.45, 2.75) is 6.16 Å². The van der Waals surface area contributed by atoms with E-state index in [1.54, 1.807) is 21.3 Å². The van der Waals surface area contributed by atoms with Crippen molar-refractivity contribution in [2.75, 3.05) is 21.3 Å². The number of methoxy groups -OCH3 is 3. The molecule has 0 aliphatic carbocycles. The van der Waals surface area contributed by atoms with E-state index in [1.807, 2.05) is 12.1 Å². The van der Waals surface area contributed by atoms with Gasteiger partial charge in [-0.1, -0.05) is 0 Å². The van der Waals surface area contributed by atoms with E-state index in [2.05, 4.69) is 31.0 Å². The van der Waals surface area contributed by atoms with Gasteiger partial charge in [0.1, 0.15) is 0 Å². The SMILES string of the molecule is COc1cc(CP(Br)Br)cc(OC)c1OC. The number of hydrogen-bond acceptors (Lipinski definition) is 3. The van der Waals surface area contributed by atoms with Crippen molar-refractivity contribution in [3.8, 4) is 17.2 Å². The molecule has 0 unspecified atom stereocenters. The molecular weight excluding hydrogens is 359 g/mol. The molecule has 0 spiro atoms. The second-order valence-corrected chi connectivity index (χ2v) is 11.9. The summed E-state index contributed by atoms with van der Waals surface area (Å²) in [4.78, 5) is 0. The average Bonchev–Trinajstić information content (AvgIpc) is 2.26. The van der Waals surface area contributed by atoms with Crippen LogP contribution in [0.3, 0.4) is 0 Å². The molecule has 90 valence electrons. The van der Waals surface area contributed by atoms with E-state index >= 15 is 0 Å². The first kappa shape index (κ1) is 14.1. The topological polar surface area (TPSA) is 27.7 Å². The lowest BCUT2D eigenvalue weighted by Crippen LogP contribution is -1.96. The lowest BCUT2D eigenvalue weighted by atomic mass is 10.2. The Labute approximate surface area is 113 Å². The zero-order chi connectivity index (χ0) is 12.1. The zero-order valence-corrected chi connectivity index (χ0v) is 13.4. The van der Waals surface area contributed by atoms with Crippen LogP contribution in [-0.2, 0) is 6.16 Å². The van der Waals surface area contributed by atoms with Gasteiger partial charge in [0.2, 0.25) is 5.75 Å². The van der Waals surface area contributed by atoms with Crippen LogP contribution in [0.4, 0.5) is 0 Å². The Morgan fingerprint density at radius 3 is 1.81 bits per heavy atom. The highest BCUT2D eigenvalue weighted by Crippen LogP contribution is 2.55. The number of halogens is 2. The normalized spacial score (nSPS) is 10.4. The van der Waals surface area contributed by atoms with Crippen molar-refractivity contribution in [3.63, 3.8) is 0 Å². The Bertz CT molecular complexity index is 333. The summed E-state index contributed by atoms with van der Waals surface area (Å²) >= 11 is 7.02. The van der Waals surface area contributed by atoms with E-state index in [4.69, 9.17) is 14.2 Å².